The van der Waals surface area contributed by atoms with E-state index in [4.69, 9.17) is 9.84 Å². The number of nitrogens with one attached hydrogen (secondary N) is 1. The van der Waals surface area contributed by atoms with Crippen LogP contribution in [0.5, 0.6) is 0 Å². The third kappa shape index (κ3) is 4.90. The summed E-state index contributed by atoms with van der Waals surface area (Å²) in [4.78, 5) is 24.0. The van der Waals surface area contributed by atoms with Gasteiger partial charge >= 0.3 is 12.0 Å². The van der Waals surface area contributed by atoms with Crippen molar-refractivity contribution in [3.05, 3.63) is 12.7 Å². The van der Waals surface area contributed by atoms with Crippen LogP contribution in [0.15, 0.2) is 12.7 Å². The molecule has 1 aliphatic heterocycles. The third-order valence-electron chi connectivity index (χ3n) is 3.28. The highest BCUT2D eigenvalue weighted by molar-refractivity contribution is 5.76. The number of ether oxygens (including phenoxy) is 1. The molecule has 1 heterocycles. The highest BCUT2D eigenvalue weighted by Crippen LogP contribution is 2.23. The fourth-order valence-electron chi connectivity index (χ4n) is 1.81. The fourth-order valence-corrected chi connectivity index (χ4v) is 1.81. The maximum Gasteiger partial charge on any atom is 0.317 e. The van der Waals surface area contributed by atoms with Gasteiger partial charge in [-0.2, -0.15) is 0 Å². The molecule has 0 aromatic rings. The molecule has 1 fully saturated rings. The van der Waals surface area contributed by atoms with Crippen molar-refractivity contribution >= 4 is 12.0 Å². The van der Waals surface area contributed by atoms with Gasteiger partial charge in [0.05, 0.1) is 19.1 Å². The molecular weight excluding hydrogens is 248 g/mol. The molecule has 0 spiro atoms. The Balaban J connectivity index is 2.06. The average Bonchev–Trinajstić information content (AvgIpc) is 2.31. The van der Waals surface area contributed by atoms with E-state index in [1.807, 2.05) is 0 Å². The molecule has 2 N–H and O–H groups in total. The molecule has 6 nitrogen and oxygen atoms in total. The molecule has 19 heavy (non-hydrogen) atoms. The number of carbonyl (C=O) groups excluding carboxylic acids is 1. The highest BCUT2D eigenvalue weighted by atomic mass is 16.5. The molecule has 0 radical (unpaired) electrons. The minimum absolute atomic E-state index is 0.0621. The van der Waals surface area contributed by atoms with E-state index in [2.05, 4.69) is 11.9 Å². The number of amides is 2. The molecular formula is C13H22N2O4. The monoisotopic (exact) mass is 270 g/mol. The first kappa shape index (κ1) is 15.5. The molecule has 0 aromatic heterocycles. The van der Waals surface area contributed by atoms with Crippen molar-refractivity contribution in [2.45, 2.75) is 13.3 Å². The first-order valence-corrected chi connectivity index (χ1v) is 6.50. The second-order valence-electron chi connectivity index (χ2n) is 4.71. The Labute approximate surface area is 113 Å². The van der Waals surface area contributed by atoms with Gasteiger partial charge in [0.15, 0.2) is 0 Å². The Morgan fingerprint density at radius 2 is 2.21 bits per heavy atom. The molecule has 1 rings (SSSR count). The number of hydrogen-bond donors (Lipinski definition) is 2. The van der Waals surface area contributed by atoms with Crippen molar-refractivity contribution in [1.82, 2.24) is 10.2 Å². The summed E-state index contributed by atoms with van der Waals surface area (Å²) in [6.07, 6.45) is 2.58. The summed E-state index contributed by atoms with van der Waals surface area (Å²) in [6.45, 7) is 7.83. The summed E-state index contributed by atoms with van der Waals surface area (Å²) in [5, 5.41) is 11.6. The van der Waals surface area contributed by atoms with Gasteiger partial charge in [0.1, 0.15) is 0 Å². The van der Waals surface area contributed by atoms with Crippen LogP contribution < -0.4 is 5.32 Å². The summed E-state index contributed by atoms with van der Waals surface area (Å²) in [7, 11) is 0. The number of carbonyl (C=O) groups is 2. The van der Waals surface area contributed by atoms with E-state index in [0.29, 0.717) is 32.8 Å². The van der Waals surface area contributed by atoms with E-state index in [1.165, 1.54) is 0 Å². The summed E-state index contributed by atoms with van der Waals surface area (Å²) in [5.41, 5.74) is 0. The Kier molecular flexibility index (Phi) is 6.35. The minimum atomic E-state index is -0.805. The lowest BCUT2D eigenvalue weighted by Crippen LogP contribution is -2.56. The zero-order valence-corrected chi connectivity index (χ0v) is 11.3. The fraction of sp³-hybridized carbons (Fsp3) is 0.692. The van der Waals surface area contributed by atoms with Crippen molar-refractivity contribution < 1.29 is 19.4 Å². The lowest BCUT2D eigenvalue weighted by molar-refractivity contribution is -0.144. The molecule has 1 aliphatic rings. The molecule has 108 valence electrons. The molecule has 0 aliphatic carbocycles. The van der Waals surface area contributed by atoms with Crippen LogP contribution in [0, 0.1) is 11.8 Å². The molecule has 0 aromatic carbocycles. The van der Waals surface area contributed by atoms with E-state index in [-0.39, 0.29) is 11.9 Å². The molecule has 1 saturated heterocycles. The highest BCUT2D eigenvalue weighted by Gasteiger charge is 2.36. The van der Waals surface area contributed by atoms with Crippen LogP contribution in [0.4, 0.5) is 4.79 Å². The van der Waals surface area contributed by atoms with Crippen molar-refractivity contribution in [1.29, 1.82) is 0 Å². The van der Waals surface area contributed by atoms with Crippen molar-refractivity contribution in [3.8, 4) is 0 Å². The van der Waals surface area contributed by atoms with Gasteiger partial charge in [-0.25, -0.2) is 4.79 Å². The van der Waals surface area contributed by atoms with Gasteiger partial charge in [-0.1, -0.05) is 13.0 Å². The van der Waals surface area contributed by atoms with Crippen LogP contribution in [-0.2, 0) is 9.53 Å². The SMILES string of the molecule is C=CCCOCCNC(=O)N1CC(C(C)C(=O)O)C1. The number of urea groups is 1. The molecule has 2 amide bonds. The summed E-state index contributed by atoms with van der Waals surface area (Å²) in [5.74, 6) is -1.14. The molecule has 1 atom stereocenters. The normalized spacial score (nSPS) is 16.6. The molecule has 1 unspecified atom stereocenters. The van der Waals surface area contributed by atoms with Crippen molar-refractivity contribution in [3.63, 3.8) is 0 Å². The molecule has 6 heteroatoms. The second-order valence-corrected chi connectivity index (χ2v) is 4.71. The number of rotatable bonds is 8. The van der Waals surface area contributed by atoms with E-state index in [0.717, 1.165) is 6.42 Å². The van der Waals surface area contributed by atoms with Crippen LogP contribution >= 0.6 is 0 Å². The van der Waals surface area contributed by atoms with Gasteiger partial charge in [0.2, 0.25) is 0 Å². The lowest BCUT2D eigenvalue weighted by Gasteiger charge is -2.41. The van der Waals surface area contributed by atoms with E-state index >= 15 is 0 Å². The maximum atomic E-state index is 11.6. The zero-order chi connectivity index (χ0) is 14.3. The molecule has 0 bridgehead atoms. The topological polar surface area (TPSA) is 78.9 Å². The van der Waals surface area contributed by atoms with E-state index in [1.54, 1.807) is 17.9 Å². The minimum Gasteiger partial charge on any atom is -0.481 e. The Morgan fingerprint density at radius 3 is 2.79 bits per heavy atom. The van der Waals surface area contributed by atoms with Crippen LogP contribution in [-0.4, -0.2) is 54.9 Å². The number of hydrogen-bond acceptors (Lipinski definition) is 3. The van der Waals surface area contributed by atoms with Crippen molar-refractivity contribution in [2.24, 2.45) is 11.8 Å². The number of likely N-dealkylation sites (tertiary alicyclic amines) is 1. The van der Waals surface area contributed by atoms with Crippen LogP contribution in [0.1, 0.15) is 13.3 Å². The zero-order valence-electron chi connectivity index (χ0n) is 11.3. The van der Waals surface area contributed by atoms with Gasteiger partial charge in [-0.05, 0) is 6.42 Å². The van der Waals surface area contributed by atoms with Crippen LogP contribution in [0.2, 0.25) is 0 Å². The van der Waals surface area contributed by atoms with E-state index in [9.17, 15) is 9.59 Å². The van der Waals surface area contributed by atoms with Gasteiger partial charge in [0, 0.05) is 25.6 Å². The number of carboxylic acid groups (broad SMARTS) is 1. The van der Waals surface area contributed by atoms with Crippen LogP contribution in [0.25, 0.3) is 0 Å². The smallest absolute Gasteiger partial charge is 0.317 e. The quantitative estimate of drug-likeness (QED) is 0.508. The average molecular weight is 270 g/mol. The second kappa shape index (κ2) is 7.78. The van der Waals surface area contributed by atoms with Crippen LogP contribution in [0.3, 0.4) is 0 Å². The van der Waals surface area contributed by atoms with Gasteiger partial charge in [-0.3, -0.25) is 4.79 Å². The first-order valence-electron chi connectivity index (χ1n) is 6.50. The standard InChI is InChI=1S/C13H22N2O4/c1-3-4-6-19-7-5-14-13(18)15-8-11(9-15)10(2)12(16)17/h3,10-11H,1,4-9H2,2H3,(H,14,18)(H,16,17). The third-order valence-corrected chi connectivity index (χ3v) is 3.28. The van der Waals surface area contributed by atoms with Gasteiger partial charge in [-0.15, -0.1) is 6.58 Å². The van der Waals surface area contributed by atoms with Gasteiger partial charge < -0.3 is 20.1 Å². The summed E-state index contributed by atoms with van der Waals surface area (Å²) in [6, 6.07) is -0.152. The molecule has 0 saturated carbocycles. The lowest BCUT2D eigenvalue weighted by atomic mass is 9.87. The predicted octanol–water partition coefficient (Wildman–Crippen LogP) is 0.941. The van der Waals surface area contributed by atoms with Crippen molar-refractivity contribution in [2.75, 3.05) is 32.8 Å². The maximum absolute atomic E-state index is 11.6. The number of aliphatic carboxylic acids is 1. The Hall–Kier alpha value is -1.56. The Morgan fingerprint density at radius 1 is 1.53 bits per heavy atom. The summed E-state index contributed by atoms with van der Waals surface area (Å²) >= 11 is 0. The first-order chi connectivity index (χ1) is 9.06. The predicted molar refractivity (Wildman–Crippen MR) is 70.9 cm³/mol. The van der Waals surface area contributed by atoms with E-state index < -0.39 is 11.9 Å². The number of nitrogens with zero attached hydrogens (tertiary/aromatic N) is 1. The largest absolute Gasteiger partial charge is 0.481 e. The number of carboxylic acids is 1. The Bertz CT molecular complexity index is 327. The summed E-state index contributed by atoms with van der Waals surface area (Å²) < 4.78 is 5.26. The van der Waals surface area contributed by atoms with Gasteiger partial charge in [0.25, 0.3) is 0 Å².